The third-order valence-electron chi connectivity index (χ3n) is 3.37. The van der Waals surface area contributed by atoms with Gasteiger partial charge in [-0.15, -0.1) is 0 Å². The fourth-order valence-electron chi connectivity index (χ4n) is 2.16. The number of carbonyl (C=O) groups excluding carboxylic acids is 3. The largest absolute Gasteiger partial charge is 0.550 e. The number of carboxylic acid groups (broad SMARTS) is 1. The molecule has 1 aromatic carbocycles. The van der Waals surface area contributed by atoms with Crippen LogP contribution in [-0.4, -0.2) is 24.5 Å². The van der Waals surface area contributed by atoms with Crippen LogP contribution in [0.4, 0.5) is 5.69 Å². The maximum Gasteiger partial charge on any atom is 0.338 e. The van der Waals surface area contributed by atoms with E-state index in [9.17, 15) is 19.5 Å². The first-order valence-corrected chi connectivity index (χ1v) is 7.75. The number of ether oxygens (including phenoxy) is 1. The van der Waals surface area contributed by atoms with Crippen LogP contribution in [-0.2, 0) is 14.3 Å². The van der Waals surface area contributed by atoms with E-state index in [1.807, 2.05) is 6.92 Å². The van der Waals surface area contributed by atoms with Gasteiger partial charge >= 0.3 is 5.97 Å². The first kappa shape index (κ1) is 18.7. The van der Waals surface area contributed by atoms with Gasteiger partial charge in [0.2, 0.25) is 5.91 Å². The number of benzene rings is 1. The highest BCUT2D eigenvalue weighted by atomic mass is 16.5. The van der Waals surface area contributed by atoms with Gasteiger partial charge in [-0.3, -0.25) is 4.79 Å². The molecule has 0 heterocycles. The normalized spacial score (nSPS) is 11.6. The van der Waals surface area contributed by atoms with Crippen molar-refractivity contribution in [1.29, 1.82) is 0 Å². The van der Waals surface area contributed by atoms with Crippen LogP contribution in [0, 0.1) is 5.92 Å². The molecule has 0 saturated carbocycles. The summed E-state index contributed by atoms with van der Waals surface area (Å²) in [4.78, 5) is 34.3. The minimum atomic E-state index is -1.11. The Balaban J connectivity index is 2.51. The number of carbonyl (C=O) groups is 3. The molecule has 0 aromatic heterocycles. The number of amides is 1. The van der Waals surface area contributed by atoms with Crippen LogP contribution in [0.1, 0.15) is 49.9 Å². The summed E-state index contributed by atoms with van der Waals surface area (Å²) in [7, 11) is 0. The number of hydrogen-bond donors (Lipinski definition) is 1. The van der Waals surface area contributed by atoms with E-state index >= 15 is 0 Å². The van der Waals surface area contributed by atoms with Gasteiger partial charge in [-0.1, -0.05) is 13.3 Å². The van der Waals surface area contributed by atoms with E-state index in [2.05, 4.69) is 5.32 Å². The fraction of sp³-hybridized carbons (Fsp3) is 0.471. The first-order chi connectivity index (χ1) is 11.0. The van der Waals surface area contributed by atoms with Gasteiger partial charge in [0.15, 0.2) is 0 Å². The molecule has 0 bridgehead atoms. The molecule has 0 saturated heterocycles. The minimum absolute atomic E-state index is 0.109. The molecule has 1 rings (SSSR count). The van der Waals surface area contributed by atoms with Gasteiger partial charge < -0.3 is 20.0 Å². The lowest BCUT2D eigenvalue weighted by Crippen LogP contribution is -2.32. The van der Waals surface area contributed by atoms with Gasteiger partial charge in [-0.2, -0.15) is 0 Å². The number of esters is 1. The number of hydrogen-bond acceptors (Lipinski definition) is 5. The zero-order chi connectivity index (χ0) is 17.2. The second kappa shape index (κ2) is 9.61. The van der Waals surface area contributed by atoms with Crippen molar-refractivity contribution in [2.45, 2.75) is 39.5 Å². The van der Waals surface area contributed by atoms with Crippen LogP contribution < -0.4 is 10.4 Å². The van der Waals surface area contributed by atoms with E-state index in [4.69, 9.17) is 4.74 Å². The Morgan fingerprint density at radius 2 is 1.78 bits per heavy atom. The molecule has 0 aliphatic rings. The molecule has 0 spiro atoms. The molecule has 23 heavy (non-hydrogen) atoms. The standard InChI is InChI=1S/C17H23NO5/c1-3-5-12(16(20)21)8-11-15(19)18-14-9-6-13(7-10-14)17(22)23-4-2/h6-7,9-10,12H,3-5,8,11H2,1-2H3,(H,18,19)(H,20,21)/p-1/t12-/m0/s1. The van der Waals surface area contributed by atoms with Crippen LogP contribution in [0.15, 0.2) is 24.3 Å². The van der Waals surface area contributed by atoms with E-state index in [1.165, 1.54) is 0 Å². The fourth-order valence-corrected chi connectivity index (χ4v) is 2.16. The maximum absolute atomic E-state index is 11.8. The lowest BCUT2D eigenvalue weighted by atomic mass is 9.98. The van der Waals surface area contributed by atoms with Gasteiger partial charge in [0.25, 0.3) is 0 Å². The quantitative estimate of drug-likeness (QED) is 0.699. The summed E-state index contributed by atoms with van der Waals surface area (Å²) in [6.07, 6.45) is 1.60. The van der Waals surface area contributed by atoms with Crippen LogP contribution >= 0.6 is 0 Å². The van der Waals surface area contributed by atoms with E-state index in [1.54, 1.807) is 31.2 Å². The van der Waals surface area contributed by atoms with Crippen LogP contribution in [0.25, 0.3) is 0 Å². The third-order valence-corrected chi connectivity index (χ3v) is 3.37. The Bertz CT molecular complexity index is 538. The van der Waals surface area contributed by atoms with E-state index in [0.717, 1.165) is 6.42 Å². The Morgan fingerprint density at radius 3 is 2.30 bits per heavy atom. The van der Waals surface area contributed by atoms with E-state index < -0.39 is 17.9 Å². The van der Waals surface area contributed by atoms with Crippen LogP contribution in [0.5, 0.6) is 0 Å². The average molecular weight is 320 g/mol. The van der Waals surface area contributed by atoms with Gasteiger partial charge in [0.05, 0.1) is 12.2 Å². The highest BCUT2D eigenvalue weighted by Gasteiger charge is 2.12. The van der Waals surface area contributed by atoms with Crippen molar-refractivity contribution in [1.82, 2.24) is 0 Å². The van der Waals surface area contributed by atoms with Gasteiger partial charge in [0.1, 0.15) is 0 Å². The predicted octanol–water partition coefficient (Wildman–Crippen LogP) is 1.75. The van der Waals surface area contributed by atoms with Crippen LogP contribution in [0.2, 0.25) is 0 Å². The van der Waals surface area contributed by atoms with Crippen LogP contribution in [0.3, 0.4) is 0 Å². The SMILES string of the molecule is CCC[C@@H](CCC(=O)Nc1ccc(C(=O)OCC)cc1)C(=O)[O-]. The average Bonchev–Trinajstić information content (AvgIpc) is 2.52. The number of aliphatic carboxylic acids is 1. The number of carboxylic acids is 1. The van der Waals surface area contributed by atoms with Gasteiger partial charge in [-0.25, -0.2) is 4.79 Å². The van der Waals surface area contributed by atoms with Crippen molar-refractivity contribution in [2.75, 3.05) is 11.9 Å². The van der Waals surface area contributed by atoms with E-state index in [0.29, 0.717) is 24.3 Å². The second-order valence-corrected chi connectivity index (χ2v) is 5.19. The highest BCUT2D eigenvalue weighted by molar-refractivity contribution is 5.93. The summed E-state index contributed by atoms with van der Waals surface area (Å²) in [5.74, 6) is -2.40. The van der Waals surface area contributed by atoms with Gasteiger partial charge in [-0.05, 0) is 49.9 Å². The number of rotatable bonds is 9. The minimum Gasteiger partial charge on any atom is -0.550 e. The Hall–Kier alpha value is -2.37. The van der Waals surface area contributed by atoms with E-state index in [-0.39, 0.29) is 18.7 Å². The summed E-state index contributed by atoms with van der Waals surface area (Å²) >= 11 is 0. The summed E-state index contributed by atoms with van der Waals surface area (Å²) in [5, 5.41) is 13.6. The maximum atomic E-state index is 11.8. The zero-order valence-electron chi connectivity index (χ0n) is 13.5. The van der Waals surface area contributed by atoms with Crippen molar-refractivity contribution in [3.8, 4) is 0 Å². The van der Waals surface area contributed by atoms with Crippen molar-refractivity contribution in [2.24, 2.45) is 5.92 Å². The Labute approximate surface area is 135 Å². The number of nitrogens with one attached hydrogen (secondary N) is 1. The third kappa shape index (κ3) is 6.50. The molecular weight excluding hydrogens is 298 g/mol. The molecule has 0 radical (unpaired) electrons. The van der Waals surface area contributed by atoms with Crippen molar-refractivity contribution in [3.63, 3.8) is 0 Å². The molecule has 0 fully saturated rings. The first-order valence-electron chi connectivity index (χ1n) is 7.75. The molecule has 126 valence electrons. The monoisotopic (exact) mass is 320 g/mol. The molecule has 1 amide bonds. The topological polar surface area (TPSA) is 95.5 Å². The molecule has 1 N–H and O–H groups in total. The second-order valence-electron chi connectivity index (χ2n) is 5.19. The smallest absolute Gasteiger partial charge is 0.338 e. The molecular formula is C17H22NO5-. The summed E-state index contributed by atoms with van der Waals surface area (Å²) < 4.78 is 4.87. The molecule has 0 aliphatic heterocycles. The summed E-state index contributed by atoms with van der Waals surface area (Å²) in [6, 6.07) is 6.34. The molecule has 6 heteroatoms. The molecule has 1 atom stereocenters. The summed E-state index contributed by atoms with van der Waals surface area (Å²) in [6.45, 7) is 3.92. The molecule has 6 nitrogen and oxygen atoms in total. The molecule has 0 unspecified atom stereocenters. The van der Waals surface area contributed by atoms with Crippen molar-refractivity contribution < 1.29 is 24.2 Å². The Kier molecular flexibility index (Phi) is 7.80. The molecule has 0 aliphatic carbocycles. The predicted molar refractivity (Wildman–Crippen MR) is 83.7 cm³/mol. The highest BCUT2D eigenvalue weighted by Crippen LogP contribution is 2.15. The lowest BCUT2D eigenvalue weighted by molar-refractivity contribution is -0.312. The number of anilines is 1. The summed E-state index contributed by atoms with van der Waals surface area (Å²) in [5.41, 5.74) is 0.952. The van der Waals surface area contributed by atoms with Crippen molar-refractivity contribution in [3.05, 3.63) is 29.8 Å². The van der Waals surface area contributed by atoms with Gasteiger partial charge in [0, 0.05) is 18.1 Å². The van der Waals surface area contributed by atoms with Crippen molar-refractivity contribution >= 4 is 23.5 Å². The zero-order valence-corrected chi connectivity index (χ0v) is 13.5. The Morgan fingerprint density at radius 1 is 1.13 bits per heavy atom. The lowest BCUT2D eigenvalue weighted by Gasteiger charge is -2.16. The molecule has 1 aromatic rings.